The summed E-state index contributed by atoms with van der Waals surface area (Å²) in [6.45, 7) is 9.21. The van der Waals surface area contributed by atoms with Crippen LogP contribution in [-0.2, 0) is 0 Å². The summed E-state index contributed by atoms with van der Waals surface area (Å²) in [5.41, 5.74) is 0. The molecule has 0 aromatic carbocycles. The molecule has 0 bridgehead atoms. The molecule has 1 unspecified atom stereocenters. The third-order valence-electron chi connectivity index (χ3n) is 3.12. The van der Waals surface area contributed by atoms with E-state index in [1.807, 2.05) is 0 Å². The van der Waals surface area contributed by atoms with Crippen LogP contribution in [0.2, 0.25) is 0 Å². The van der Waals surface area contributed by atoms with Gasteiger partial charge >= 0.3 is 0 Å². The molecule has 3 nitrogen and oxygen atoms in total. The minimum atomic E-state index is 0.680. The Morgan fingerprint density at radius 2 is 1.59 bits per heavy atom. The van der Waals surface area contributed by atoms with E-state index in [-0.39, 0.29) is 0 Å². The first-order chi connectivity index (χ1) is 8.06. The molecule has 17 heavy (non-hydrogen) atoms. The average Bonchev–Trinajstić information content (AvgIpc) is 2.24. The summed E-state index contributed by atoms with van der Waals surface area (Å²) < 4.78 is 0. The van der Waals surface area contributed by atoms with Crippen LogP contribution < -0.4 is 5.32 Å². The minimum Gasteiger partial charge on any atom is -0.315 e. The van der Waals surface area contributed by atoms with Gasteiger partial charge in [-0.1, -0.05) is 13.3 Å². The van der Waals surface area contributed by atoms with Gasteiger partial charge in [0.1, 0.15) is 0 Å². The molecule has 0 aromatic heterocycles. The fourth-order valence-corrected chi connectivity index (χ4v) is 2.05. The third kappa shape index (κ3) is 12.1. The maximum atomic E-state index is 3.46. The van der Waals surface area contributed by atoms with Crippen LogP contribution in [0.25, 0.3) is 0 Å². The van der Waals surface area contributed by atoms with E-state index in [9.17, 15) is 0 Å². The second-order valence-corrected chi connectivity index (χ2v) is 5.41. The van der Waals surface area contributed by atoms with Crippen molar-refractivity contribution in [3.05, 3.63) is 0 Å². The second-order valence-electron chi connectivity index (χ2n) is 5.41. The van der Waals surface area contributed by atoms with Crippen molar-refractivity contribution in [2.24, 2.45) is 0 Å². The lowest BCUT2D eigenvalue weighted by atomic mass is 10.1. The van der Waals surface area contributed by atoms with Crippen molar-refractivity contribution in [3.63, 3.8) is 0 Å². The Bertz CT molecular complexity index is 160. The molecule has 1 N–H and O–H groups in total. The molecule has 104 valence electrons. The number of hydrogen-bond donors (Lipinski definition) is 1. The van der Waals surface area contributed by atoms with Gasteiger partial charge in [0.05, 0.1) is 0 Å². The van der Waals surface area contributed by atoms with Crippen LogP contribution in [-0.4, -0.2) is 63.2 Å². The first-order valence-electron chi connectivity index (χ1n) is 7.13. The van der Waals surface area contributed by atoms with Gasteiger partial charge in [-0.2, -0.15) is 0 Å². The summed E-state index contributed by atoms with van der Waals surface area (Å²) in [5, 5.41) is 3.46. The Morgan fingerprint density at radius 3 is 2.18 bits per heavy atom. The predicted molar refractivity (Wildman–Crippen MR) is 77.7 cm³/mol. The first-order valence-corrected chi connectivity index (χ1v) is 7.13. The highest BCUT2D eigenvalue weighted by Crippen LogP contribution is 2.02. The van der Waals surface area contributed by atoms with Gasteiger partial charge in [-0.3, -0.25) is 0 Å². The van der Waals surface area contributed by atoms with E-state index in [1.54, 1.807) is 0 Å². The molecular formula is C14H33N3. The molecule has 1 atom stereocenters. The molecule has 0 fully saturated rings. The summed E-state index contributed by atoms with van der Waals surface area (Å²) in [4.78, 5) is 4.72. The van der Waals surface area contributed by atoms with Crippen LogP contribution in [0.1, 0.15) is 39.5 Å². The lowest BCUT2D eigenvalue weighted by molar-refractivity contribution is 0.293. The highest BCUT2D eigenvalue weighted by Gasteiger charge is 2.01. The van der Waals surface area contributed by atoms with Crippen molar-refractivity contribution in [3.8, 4) is 0 Å². The molecule has 0 aliphatic carbocycles. The van der Waals surface area contributed by atoms with Crippen molar-refractivity contribution >= 4 is 0 Å². The molecule has 0 aromatic rings. The van der Waals surface area contributed by atoms with Gasteiger partial charge in [-0.25, -0.2) is 0 Å². The summed E-state index contributed by atoms with van der Waals surface area (Å²) in [6, 6.07) is 0.680. The monoisotopic (exact) mass is 243 g/mol. The average molecular weight is 243 g/mol. The Labute approximate surface area is 109 Å². The Balaban J connectivity index is 3.29. The lowest BCUT2D eigenvalue weighted by Crippen LogP contribution is -2.26. The van der Waals surface area contributed by atoms with Gasteiger partial charge in [0.25, 0.3) is 0 Å². The van der Waals surface area contributed by atoms with Crippen LogP contribution in [0.4, 0.5) is 0 Å². The van der Waals surface area contributed by atoms with Crippen molar-refractivity contribution in [1.82, 2.24) is 15.1 Å². The van der Waals surface area contributed by atoms with E-state index in [1.165, 1.54) is 45.3 Å². The molecule has 0 amide bonds. The molecule has 0 saturated heterocycles. The molecule has 0 saturated carbocycles. The van der Waals surface area contributed by atoms with Crippen molar-refractivity contribution < 1.29 is 0 Å². The molecule has 0 aliphatic rings. The van der Waals surface area contributed by atoms with E-state index >= 15 is 0 Å². The quantitative estimate of drug-likeness (QED) is 0.560. The molecular weight excluding hydrogens is 210 g/mol. The van der Waals surface area contributed by atoms with Gasteiger partial charge in [-0.15, -0.1) is 0 Å². The topological polar surface area (TPSA) is 18.5 Å². The van der Waals surface area contributed by atoms with Crippen molar-refractivity contribution in [1.29, 1.82) is 0 Å². The van der Waals surface area contributed by atoms with Crippen LogP contribution >= 0.6 is 0 Å². The van der Waals surface area contributed by atoms with Gasteiger partial charge < -0.3 is 15.1 Å². The normalized spacial score (nSPS) is 13.6. The van der Waals surface area contributed by atoms with Crippen LogP contribution in [0.15, 0.2) is 0 Å². The number of unbranched alkanes of at least 4 members (excludes halogenated alkanes) is 1. The van der Waals surface area contributed by atoms with E-state index in [4.69, 9.17) is 0 Å². The lowest BCUT2D eigenvalue weighted by Gasteiger charge is -2.18. The standard InChI is InChI=1S/C14H33N3/c1-6-15-14(2)10-7-8-12-17(5)13-9-11-16(3)4/h14-15H,6-13H2,1-5H3. The number of nitrogens with zero attached hydrogens (tertiary/aromatic N) is 2. The zero-order valence-corrected chi connectivity index (χ0v) is 12.6. The van der Waals surface area contributed by atoms with Crippen LogP contribution in [0.5, 0.6) is 0 Å². The highest BCUT2D eigenvalue weighted by atomic mass is 15.1. The first kappa shape index (κ1) is 16.9. The Kier molecular flexibility index (Phi) is 10.9. The van der Waals surface area contributed by atoms with E-state index in [0.29, 0.717) is 6.04 Å². The minimum absolute atomic E-state index is 0.680. The van der Waals surface area contributed by atoms with Crippen LogP contribution in [0, 0.1) is 0 Å². The maximum absolute atomic E-state index is 3.46. The molecule has 0 radical (unpaired) electrons. The van der Waals surface area contributed by atoms with Crippen molar-refractivity contribution in [2.75, 3.05) is 47.3 Å². The fourth-order valence-electron chi connectivity index (χ4n) is 2.05. The predicted octanol–water partition coefficient (Wildman–Crippen LogP) is 2.04. The van der Waals surface area contributed by atoms with Gasteiger partial charge in [0, 0.05) is 6.04 Å². The maximum Gasteiger partial charge on any atom is 0.00386 e. The van der Waals surface area contributed by atoms with Gasteiger partial charge in [0.2, 0.25) is 0 Å². The smallest absolute Gasteiger partial charge is 0.00386 e. The number of hydrogen-bond acceptors (Lipinski definition) is 3. The van der Waals surface area contributed by atoms with Crippen LogP contribution in [0.3, 0.4) is 0 Å². The summed E-state index contributed by atoms with van der Waals surface area (Å²) in [6.07, 6.45) is 5.25. The summed E-state index contributed by atoms with van der Waals surface area (Å²) >= 11 is 0. The molecule has 0 aliphatic heterocycles. The molecule has 0 rings (SSSR count). The summed E-state index contributed by atoms with van der Waals surface area (Å²) in [7, 11) is 6.52. The SMILES string of the molecule is CCNC(C)CCCCN(C)CCCN(C)C. The molecule has 3 heteroatoms. The van der Waals surface area contributed by atoms with E-state index in [0.717, 1.165) is 6.54 Å². The van der Waals surface area contributed by atoms with E-state index in [2.05, 4.69) is 50.1 Å². The fraction of sp³-hybridized carbons (Fsp3) is 1.00. The van der Waals surface area contributed by atoms with Gasteiger partial charge in [-0.05, 0) is 73.5 Å². The molecule has 0 spiro atoms. The zero-order valence-electron chi connectivity index (χ0n) is 12.6. The Hall–Kier alpha value is -0.120. The highest BCUT2D eigenvalue weighted by molar-refractivity contribution is 4.60. The summed E-state index contributed by atoms with van der Waals surface area (Å²) in [5.74, 6) is 0. The third-order valence-corrected chi connectivity index (χ3v) is 3.12. The van der Waals surface area contributed by atoms with Gasteiger partial charge in [0.15, 0.2) is 0 Å². The molecule has 0 heterocycles. The van der Waals surface area contributed by atoms with Crippen molar-refractivity contribution in [2.45, 2.75) is 45.6 Å². The number of nitrogens with one attached hydrogen (secondary N) is 1. The number of rotatable bonds is 11. The largest absolute Gasteiger partial charge is 0.315 e. The van der Waals surface area contributed by atoms with E-state index < -0.39 is 0 Å². The zero-order chi connectivity index (χ0) is 13.1. The second kappa shape index (κ2) is 11.0. The Morgan fingerprint density at radius 1 is 0.941 bits per heavy atom.